The van der Waals surface area contributed by atoms with Crippen LogP contribution in [-0.2, 0) is 6.18 Å². The van der Waals surface area contributed by atoms with Crippen LogP contribution in [0.5, 0.6) is 0 Å². The molecule has 33 heavy (non-hydrogen) atoms. The highest BCUT2D eigenvalue weighted by molar-refractivity contribution is 6.13. The molecule has 0 aliphatic rings. The SMILES string of the molecule is Cc1cc(C)n2ncc(C(=O)Nc3ccccc3C(=O)Nc3cccc(C(F)(F)F)c3)c2n1. The van der Waals surface area contributed by atoms with E-state index in [1.807, 2.05) is 13.0 Å². The molecule has 168 valence electrons. The normalized spacial score (nSPS) is 11.4. The summed E-state index contributed by atoms with van der Waals surface area (Å²) in [7, 11) is 0. The molecule has 0 aliphatic carbocycles. The first-order valence-electron chi connectivity index (χ1n) is 9.84. The van der Waals surface area contributed by atoms with Crippen molar-refractivity contribution < 1.29 is 22.8 Å². The van der Waals surface area contributed by atoms with Gasteiger partial charge < -0.3 is 10.6 Å². The Balaban J connectivity index is 1.60. The summed E-state index contributed by atoms with van der Waals surface area (Å²) in [6.07, 6.45) is -3.15. The van der Waals surface area contributed by atoms with E-state index in [2.05, 4.69) is 20.7 Å². The first-order chi connectivity index (χ1) is 15.6. The van der Waals surface area contributed by atoms with Gasteiger partial charge in [0.1, 0.15) is 5.56 Å². The van der Waals surface area contributed by atoms with Crippen LogP contribution in [0.4, 0.5) is 24.5 Å². The fourth-order valence-corrected chi connectivity index (χ4v) is 3.38. The summed E-state index contributed by atoms with van der Waals surface area (Å²) in [5, 5.41) is 9.30. The summed E-state index contributed by atoms with van der Waals surface area (Å²) in [6.45, 7) is 3.64. The lowest BCUT2D eigenvalue weighted by Crippen LogP contribution is -2.18. The lowest BCUT2D eigenvalue weighted by molar-refractivity contribution is -0.137. The van der Waals surface area contributed by atoms with Crippen LogP contribution < -0.4 is 10.6 Å². The molecule has 2 heterocycles. The predicted octanol–water partition coefficient (Wildman–Crippen LogP) is 4.87. The number of aryl methyl sites for hydroxylation is 2. The highest BCUT2D eigenvalue weighted by Gasteiger charge is 2.30. The summed E-state index contributed by atoms with van der Waals surface area (Å²) in [6, 6.07) is 12.3. The highest BCUT2D eigenvalue weighted by Crippen LogP contribution is 2.31. The minimum absolute atomic E-state index is 0.0197. The van der Waals surface area contributed by atoms with Crippen LogP contribution in [0.2, 0.25) is 0 Å². The van der Waals surface area contributed by atoms with Gasteiger partial charge in [0.25, 0.3) is 11.8 Å². The predicted molar refractivity (Wildman–Crippen MR) is 116 cm³/mol. The van der Waals surface area contributed by atoms with Gasteiger partial charge in [0.2, 0.25) is 0 Å². The molecule has 4 rings (SSSR count). The molecule has 0 spiro atoms. The molecule has 2 aromatic carbocycles. The van der Waals surface area contributed by atoms with Crippen LogP contribution >= 0.6 is 0 Å². The second kappa shape index (κ2) is 8.38. The maximum atomic E-state index is 13.0. The van der Waals surface area contributed by atoms with Crippen molar-refractivity contribution in [1.29, 1.82) is 0 Å². The zero-order chi connectivity index (χ0) is 23.8. The van der Waals surface area contributed by atoms with Crippen molar-refractivity contribution in [3.05, 3.63) is 88.9 Å². The average molecular weight is 453 g/mol. The molecule has 0 unspecified atom stereocenters. The number of anilines is 2. The zero-order valence-corrected chi connectivity index (χ0v) is 17.6. The Bertz CT molecular complexity index is 1380. The summed E-state index contributed by atoms with van der Waals surface area (Å²) >= 11 is 0. The fourth-order valence-electron chi connectivity index (χ4n) is 3.38. The molecule has 0 saturated carbocycles. The number of fused-ring (bicyclic) bond motifs is 1. The molecular weight excluding hydrogens is 435 g/mol. The standard InChI is InChI=1S/C23H18F3N5O2/c1-13-10-14(2)31-20(28-13)18(12-27-31)22(33)30-19-9-4-3-8-17(19)21(32)29-16-7-5-6-15(11-16)23(24,25)26/h3-12H,1-2H3,(H,29,32)(H,30,33). The third kappa shape index (κ3) is 4.54. The van der Waals surface area contributed by atoms with Crippen molar-refractivity contribution in [1.82, 2.24) is 14.6 Å². The van der Waals surface area contributed by atoms with E-state index in [1.165, 1.54) is 35.0 Å². The molecular formula is C23H18F3N5O2. The molecule has 0 aliphatic heterocycles. The zero-order valence-electron chi connectivity index (χ0n) is 17.6. The van der Waals surface area contributed by atoms with Gasteiger partial charge >= 0.3 is 6.18 Å². The van der Waals surface area contributed by atoms with Crippen LogP contribution in [0.3, 0.4) is 0 Å². The van der Waals surface area contributed by atoms with E-state index < -0.39 is 23.6 Å². The quantitative estimate of drug-likeness (QED) is 0.462. The van der Waals surface area contributed by atoms with E-state index in [0.29, 0.717) is 5.65 Å². The van der Waals surface area contributed by atoms with Crippen LogP contribution in [0.1, 0.15) is 37.7 Å². The number of carbonyl (C=O) groups is 2. The molecule has 0 fully saturated rings. The lowest BCUT2D eigenvalue weighted by Gasteiger charge is -2.13. The van der Waals surface area contributed by atoms with Gasteiger partial charge in [-0.05, 0) is 50.2 Å². The number of halogens is 3. The molecule has 2 N–H and O–H groups in total. The lowest BCUT2D eigenvalue weighted by atomic mass is 10.1. The minimum atomic E-state index is -4.54. The van der Waals surface area contributed by atoms with E-state index in [4.69, 9.17) is 0 Å². The number of rotatable bonds is 4. The molecule has 2 aromatic heterocycles. The third-order valence-corrected chi connectivity index (χ3v) is 4.89. The maximum absolute atomic E-state index is 13.0. The van der Waals surface area contributed by atoms with Gasteiger partial charge in [0.15, 0.2) is 5.65 Å². The van der Waals surface area contributed by atoms with E-state index >= 15 is 0 Å². The number of alkyl halides is 3. The second-order valence-electron chi connectivity index (χ2n) is 7.36. The number of nitrogens with one attached hydrogen (secondary N) is 2. The monoisotopic (exact) mass is 453 g/mol. The summed E-state index contributed by atoms with van der Waals surface area (Å²) in [5.74, 6) is -1.20. The third-order valence-electron chi connectivity index (χ3n) is 4.89. The first kappa shape index (κ1) is 22.0. The molecule has 10 heteroatoms. The van der Waals surface area contributed by atoms with Crippen LogP contribution in [0.25, 0.3) is 5.65 Å². The Morgan fingerprint density at radius 3 is 2.39 bits per heavy atom. The Morgan fingerprint density at radius 1 is 0.909 bits per heavy atom. The molecule has 0 saturated heterocycles. The van der Waals surface area contributed by atoms with Gasteiger partial charge in [0.05, 0.1) is 23.0 Å². The molecule has 0 radical (unpaired) electrons. The number of benzene rings is 2. The van der Waals surface area contributed by atoms with E-state index in [1.54, 1.807) is 19.1 Å². The number of amides is 2. The Kier molecular flexibility index (Phi) is 5.59. The van der Waals surface area contributed by atoms with Crippen molar-refractivity contribution in [2.45, 2.75) is 20.0 Å². The Hall–Kier alpha value is -4.21. The van der Waals surface area contributed by atoms with E-state index in [9.17, 15) is 22.8 Å². The number of nitrogens with zero attached hydrogens (tertiary/aromatic N) is 3. The van der Waals surface area contributed by atoms with Crippen LogP contribution in [-0.4, -0.2) is 26.4 Å². The molecule has 2 amide bonds. The van der Waals surface area contributed by atoms with Crippen molar-refractivity contribution in [2.75, 3.05) is 10.6 Å². The number of hydrogen-bond acceptors (Lipinski definition) is 4. The Morgan fingerprint density at radius 2 is 1.64 bits per heavy atom. The van der Waals surface area contributed by atoms with Gasteiger partial charge in [-0.2, -0.15) is 18.3 Å². The van der Waals surface area contributed by atoms with Gasteiger partial charge in [-0.15, -0.1) is 0 Å². The minimum Gasteiger partial charge on any atom is -0.322 e. The first-order valence-corrected chi connectivity index (χ1v) is 9.84. The summed E-state index contributed by atoms with van der Waals surface area (Å²) in [5.41, 5.74) is 1.48. The molecule has 0 atom stereocenters. The molecule has 0 bridgehead atoms. The number of para-hydroxylation sites is 1. The van der Waals surface area contributed by atoms with Gasteiger partial charge in [-0.3, -0.25) is 9.59 Å². The van der Waals surface area contributed by atoms with Crippen molar-refractivity contribution in [3.63, 3.8) is 0 Å². The number of hydrogen-bond donors (Lipinski definition) is 2. The summed E-state index contributed by atoms with van der Waals surface area (Å²) in [4.78, 5) is 30.1. The van der Waals surface area contributed by atoms with E-state index in [-0.39, 0.29) is 22.5 Å². The second-order valence-corrected chi connectivity index (χ2v) is 7.36. The average Bonchev–Trinajstić information content (AvgIpc) is 3.18. The molecule has 4 aromatic rings. The van der Waals surface area contributed by atoms with Gasteiger partial charge in [-0.1, -0.05) is 18.2 Å². The van der Waals surface area contributed by atoms with E-state index in [0.717, 1.165) is 23.5 Å². The number of aromatic nitrogens is 3. The van der Waals surface area contributed by atoms with Crippen molar-refractivity contribution in [2.24, 2.45) is 0 Å². The summed E-state index contributed by atoms with van der Waals surface area (Å²) < 4.78 is 40.4. The number of carbonyl (C=O) groups excluding carboxylic acids is 2. The highest BCUT2D eigenvalue weighted by atomic mass is 19.4. The van der Waals surface area contributed by atoms with Crippen LogP contribution in [0.15, 0.2) is 60.8 Å². The topological polar surface area (TPSA) is 88.4 Å². The Labute approximate surface area is 186 Å². The molecule has 7 nitrogen and oxygen atoms in total. The smallest absolute Gasteiger partial charge is 0.322 e. The maximum Gasteiger partial charge on any atom is 0.416 e. The van der Waals surface area contributed by atoms with Gasteiger partial charge in [-0.25, -0.2) is 9.50 Å². The largest absolute Gasteiger partial charge is 0.416 e. The van der Waals surface area contributed by atoms with Crippen molar-refractivity contribution >= 4 is 28.8 Å². The fraction of sp³-hybridized carbons (Fsp3) is 0.130. The van der Waals surface area contributed by atoms with Gasteiger partial charge in [0, 0.05) is 17.1 Å². The van der Waals surface area contributed by atoms with Crippen LogP contribution in [0, 0.1) is 13.8 Å². The van der Waals surface area contributed by atoms with Crippen molar-refractivity contribution in [3.8, 4) is 0 Å².